The van der Waals surface area contributed by atoms with E-state index in [0.29, 0.717) is 12.5 Å². The summed E-state index contributed by atoms with van der Waals surface area (Å²) in [6, 6.07) is 0. The number of carbonyl (C=O) groups is 1. The molecule has 0 amide bonds. The second-order valence-electron chi connectivity index (χ2n) is 3.10. The Morgan fingerprint density at radius 1 is 1.55 bits per heavy atom. The van der Waals surface area contributed by atoms with Crippen molar-refractivity contribution in [3.05, 3.63) is 11.1 Å². The molecule has 0 bridgehead atoms. The highest BCUT2D eigenvalue weighted by Crippen LogP contribution is 2.24. The predicted molar refractivity (Wildman–Crippen MR) is 43.1 cm³/mol. The van der Waals surface area contributed by atoms with Gasteiger partial charge in [-0.05, 0) is 17.9 Å². The number of hydrogen-bond acceptors (Lipinski definition) is 2. The first-order chi connectivity index (χ1) is 5.16. The summed E-state index contributed by atoms with van der Waals surface area (Å²) in [5.74, 6) is 0.191. The fraction of sp³-hybridized carbons (Fsp3) is 0.667. The molecular weight excluding hydrogens is 140 g/mol. The summed E-state index contributed by atoms with van der Waals surface area (Å²) in [7, 11) is 0. The van der Waals surface area contributed by atoms with E-state index < -0.39 is 0 Å². The van der Waals surface area contributed by atoms with E-state index >= 15 is 0 Å². The first kappa shape index (κ1) is 8.31. The van der Waals surface area contributed by atoms with Gasteiger partial charge in [-0.2, -0.15) is 0 Å². The lowest BCUT2D eigenvalue weighted by Crippen LogP contribution is -2.05. The van der Waals surface area contributed by atoms with Crippen molar-refractivity contribution in [2.24, 2.45) is 5.92 Å². The van der Waals surface area contributed by atoms with Gasteiger partial charge in [0.2, 0.25) is 0 Å². The lowest BCUT2D eigenvalue weighted by molar-refractivity contribution is -0.136. The first-order valence-electron chi connectivity index (χ1n) is 4.05. The SMILES string of the molecule is CCC1=C(C(C)C)C(=O)OC1. The van der Waals surface area contributed by atoms with Crippen LogP contribution in [0.2, 0.25) is 0 Å². The maximum absolute atomic E-state index is 11.1. The third-order valence-electron chi connectivity index (χ3n) is 1.98. The van der Waals surface area contributed by atoms with Crippen molar-refractivity contribution in [2.45, 2.75) is 27.2 Å². The van der Waals surface area contributed by atoms with Crippen LogP contribution in [0.1, 0.15) is 27.2 Å². The second-order valence-corrected chi connectivity index (χ2v) is 3.10. The maximum Gasteiger partial charge on any atom is 0.334 e. The van der Waals surface area contributed by atoms with Crippen molar-refractivity contribution >= 4 is 5.97 Å². The zero-order chi connectivity index (χ0) is 8.43. The summed E-state index contributed by atoms with van der Waals surface area (Å²) in [6.45, 7) is 6.62. The van der Waals surface area contributed by atoms with Gasteiger partial charge >= 0.3 is 5.97 Å². The molecule has 1 aliphatic rings. The molecule has 11 heavy (non-hydrogen) atoms. The van der Waals surface area contributed by atoms with Crippen molar-refractivity contribution in [1.82, 2.24) is 0 Å². The summed E-state index contributed by atoms with van der Waals surface area (Å²) >= 11 is 0. The first-order valence-corrected chi connectivity index (χ1v) is 4.05. The summed E-state index contributed by atoms with van der Waals surface area (Å²) in [6.07, 6.45) is 0.930. The van der Waals surface area contributed by atoms with Gasteiger partial charge in [-0.15, -0.1) is 0 Å². The summed E-state index contributed by atoms with van der Waals surface area (Å²) in [5, 5.41) is 0. The van der Waals surface area contributed by atoms with Crippen LogP contribution in [0.4, 0.5) is 0 Å². The molecule has 0 aromatic heterocycles. The molecule has 1 aliphatic heterocycles. The minimum absolute atomic E-state index is 0.114. The Labute approximate surface area is 67.2 Å². The fourth-order valence-corrected chi connectivity index (χ4v) is 1.39. The Morgan fingerprint density at radius 3 is 2.55 bits per heavy atom. The molecule has 0 atom stereocenters. The quantitative estimate of drug-likeness (QED) is 0.568. The highest BCUT2D eigenvalue weighted by molar-refractivity contribution is 5.92. The van der Waals surface area contributed by atoms with Gasteiger partial charge < -0.3 is 4.74 Å². The Kier molecular flexibility index (Phi) is 2.32. The summed E-state index contributed by atoms with van der Waals surface area (Å²) in [4.78, 5) is 11.1. The van der Waals surface area contributed by atoms with Crippen LogP contribution < -0.4 is 0 Å². The van der Waals surface area contributed by atoms with Crippen LogP contribution in [0, 0.1) is 5.92 Å². The number of cyclic esters (lactones) is 1. The number of ether oxygens (including phenoxy) is 1. The molecule has 2 nitrogen and oxygen atoms in total. The Morgan fingerprint density at radius 2 is 2.18 bits per heavy atom. The minimum atomic E-state index is -0.114. The lowest BCUT2D eigenvalue weighted by atomic mass is 9.98. The van der Waals surface area contributed by atoms with Crippen molar-refractivity contribution in [3.63, 3.8) is 0 Å². The van der Waals surface area contributed by atoms with Crippen LogP contribution in [0.3, 0.4) is 0 Å². The van der Waals surface area contributed by atoms with Crippen LogP contribution >= 0.6 is 0 Å². The minimum Gasteiger partial charge on any atom is -0.458 e. The van der Waals surface area contributed by atoms with Crippen molar-refractivity contribution in [1.29, 1.82) is 0 Å². The molecule has 0 fully saturated rings. The average Bonchev–Trinajstić information content (AvgIpc) is 2.30. The lowest BCUT2D eigenvalue weighted by Gasteiger charge is -2.03. The number of esters is 1. The summed E-state index contributed by atoms with van der Waals surface area (Å²) in [5.41, 5.74) is 2.07. The van der Waals surface area contributed by atoms with Gasteiger partial charge in [0.25, 0.3) is 0 Å². The maximum atomic E-state index is 11.1. The third kappa shape index (κ3) is 1.44. The van der Waals surface area contributed by atoms with Crippen molar-refractivity contribution < 1.29 is 9.53 Å². The van der Waals surface area contributed by atoms with E-state index in [1.54, 1.807) is 0 Å². The number of rotatable bonds is 2. The zero-order valence-corrected chi connectivity index (χ0v) is 7.31. The molecule has 0 saturated heterocycles. The van der Waals surface area contributed by atoms with Crippen LogP contribution in [0.5, 0.6) is 0 Å². The van der Waals surface area contributed by atoms with Crippen LogP contribution in [0.25, 0.3) is 0 Å². The van der Waals surface area contributed by atoms with E-state index in [2.05, 4.69) is 6.92 Å². The van der Waals surface area contributed by atoms with Crippen molar-refractivity contribution in [2.75, 3.05) is 6.61 Å². The van der Waals surface area contributed by atoms with Gasteiger partial charge in [0.15, 0.2) is 0 Å². The topological polar surface area (TPSA) is 26.3 Å². The molecule has 0 aromatic rings. The molecule has 0 N–H and O–H groups in total. The van der Waals surface area contributed by atoms with Gasteiger partial charge in [0.05, 0.1) is 0 Å². The van der Waals surface area contributed by atoms with E-state index in [1.807, 2.05) is 13.8 Å². The van der Waals surface area contributed by atoms with E-state index in [0.717, 1.165) is 12.0 Å². The fourth-order valence-electron chi connectivity index (χ4n) is 1.39. The average molecular weight is 154 g/mol. The van der Waals surface area contributed by atoms with Gasteiger partial charge in [-0.3, -0.25) is 0 Å². The Balaban J connectivity index is 2.90. The van der Waals surface area contributed by atoms with Gasteiger partial charge in [-0.1, -0.05) is 20.8 Å². The third-order valence-corrected chi connectivity index (χ3v) is 1.98. The van der Waals surface area contributed by atoms with Crippen molar-refractivity contribution in [3.8, 4) is 0 Å². The molecule has 1 rings (SSSR count). The smallest absolute Gasteiger partial charge is 0.334 e. The standard InChI is InChI=1S/C9H14O2/c1-4-7-5-11-9(10)8(7)6(2)3/h6H,4-5H2,1-3H3. The number of carbonyl (C=O) groups excluding carboxylic acids is 1. The largest absolute Gasteiger partial charge is 0.458 e. The van der Waals surface area contributed by atoms with E-state index in [-0.39, 0.29) is 5.97 Å². The van der Waals surface area contributed by atoms with Gasteiger partial charge in [0, 0.05) is 5.57 Å². The molecule has 0 aromatic carbocycles. The van der Waals surface area contributed by atoms with Gasteiger partial charge in [0.1, 0.15) is 6.61 Å². The predicted octanol–water partition coefficient (Wildman–Crippen LogP) is 1.91. The highest BCUT2D eigenvalue weighted by Gasteiger charge is 2.25. The molecule has 0 radical (unpaired) electrons. The molecule has 0 saturated carbocycles. The molecule has 2 heteroatoms. The molecule has 0 spiro atoms. The molecule has 0 unspecified atom stereocenters. The van der Waals surface area contributed by atoms with Crippen LogP contribution in [0.15, 0.2) is 11.1 Å². The number of hydrogen-bond donors (Lipinski definition) is 0. The summed E-state index contributed by atoms with van der Waals surface area (Å²) < 4.78 is 4.92. The molecular formula is C9H14O2. The van der Waals surface area contributed by atoms with E-state index in [9.17, 15) is 4.79 Å². The van der Waals surface area contributed by atoms with Crippen LogP contribution in [-0.4, -0.2) is 12.6 Å². The second kappa shape index (κ2) is 3.07. The monoisotopic (exact) mass is 154 g/mol. The Bertz CT molecular complexity index is 202. The van der Waals surface area contributed by atoms with E-state index in [4.69, 9.17) is 4.74 Å². The normalized spacial score (nSPS) is 18.0. The highest BCUT2D eigenvalue weighted by atomic mass is 16.5. The molecule has 1 heterocycles. The van der Waals surface area contributed by atoms with Gasteiger partial charge in [-0.25, -0.2) is 4.79 Å². The van der Waals surface area contributed by atoms with E-state index in [1.165, 1.54) is 5.57 Å². The molecule has 62 valence electrons. The Hall–Kier alpha value is -0.790. The zero-order valence-electron chi connectivity index (χ0n) is 7.31. The van der Waals surface area contributed by atoms with Crippen LogP contribution in [-0.2, 0) is 9.53 Å². The molecule has 0 aliphatic carbocycles.